The molecule has 0 amide bonds. The van der Waals surface area contributed by atoms with E-state index in [2.05, 4.69) is 0 Å². The van der Waals surface area contributed by atoms with Crippen LogP contribution in [0.5, 0.6) is 23.0 Å². The molecule has 7 N–H and O–H groups in total. The van der Waals surface area contributed by atoms with Crippen molar-refractivity contribution in [2.24, 2.45) is 0 Å². The summed E-state index contributed by atoms with van der Waals surface area (Å²) in [4.78, 5) is 0. The number of aryl methyl sites for hydroxylation is 1. The van der Waals surface area contributed by atoms with Gasteiger partial charge in [0, 0.05) is 12.2 Å². The first-order chi connectivity index (χ1) is 17.3. The largest absolute Gasteiger partial charge is 0.504 e. The number of aliphatic hydroxyl groups excluding tert-OH is 6. The summed E-state index contributed by atoms with van der Waals surface area (Å²) in [7, 11) is 1.42. The Morgan fingerprint density at radius 3 is 2.36 bits per heavy atom. The minimum absolute atomic E-state index is 0.0319. The Labute approximate surface area is 207 Å². The monoisotopic (exact) mass is 508 g/mol. The van der Waals surface area contributed by atoms with Crippen molar-refractivity contribution in [3.05, 3.63) is 47.0 Å². The molecule has 0 radical (unpaired) electrons. The molecule has 0 saturated carbocycles. The van der Waals surface area contributed by atoms with Gasteiger partial charge in [-0.15, -0.1) is 0 Å². The zero-order chi connectivity index (χ0) is 26.0. The van der Waals surface area contributed by atoms with E-state index in [4.69, 9.17) is 18.9 Å². The molecule has 0 aliphatic carbocycles. The number of fused-ring (bicyclic) bond motifs is 1. The predicted octanol–water partition coefficient (Wildman–Crippen LogP) is -0.286. The lowest BCUT2D eigenvalue weighted by Gasteiger charge is -2.39. The first-order valence-corrected chi connectivity index (χ1v) is 11.7. The van der Waals surface area contributed by atoms with E-state index in [-0.39, 0.29) is 36.2 Å². The van der Waals surface area contributed by atoms with Crippen LogP contribution in [-0.4, -0.2) is 93.4 Å². The van der Waals surface area contributed by atoms with Crippen LogP contribution >= 0.6 is 0 Å². The number of benzene rings is 2. The van der Waals surface area contributed by atoms with Crippen LogP contribution in [0.15, 0.2) is 30.3 Å². The number of phenolic OH excluding ortho intramolecular Hbond substituents is 1. The van der Waals surface area contributed by atoms with Gasteiger partial charge in [0.25, 0.3) is 0 Å². The molecule has 36 heavy (non-hydrogen) atoms. The van der Waals surface area contributed by atoms with E-state index in [1.807, 2.05) is 6.07 Å². The molecule has 1 fully saturated rings. The average molecular weight is 509 g/mol. The SMILES string of the molecule is COc1cc(C2Oc3c(OC4OC(CO)C(O)C(O)C4O)cc(CCCO)cc3C2CO)ccc1O. The van der Waals surface area contributed by atoms with Crippen LogP contribution in [0.4, 0.5) is 0 Å². The molecule has 11 nitrogen and oxygen atoms in total. The fourth-order valence-electron chi connectivity index (χ4n) is 4.63. The summed E-state index contributed by atoms with van der Waals surface area (Å²) in [5.74, 6) is 0.133. The number of aliphatic hydroxyl groups is 6. The molecule has 2 heterocycles. The van der Waals surface area contributed by atoms with Crippen LogP contribution in [0.25, 0.3) is 0 Å². The molecule has 198 valence electrons. The van der Waals surface area contributed by atoms with E-state index >= 15 is 0 Å². The van der Waals surface area contributed by atoms with Crippen molar-refractivity contribution in [1.29, 1.82) is 0 Å². The molecule has 7 atom stereocenters. The van der Waals surface area contributed by atoms with Gasteiger partial charge in [-0.2, -0.15) is 0 Å². The maximum Gasteiger partial charge on any atom is 0.229 e. The first kappa shape index (κ1) is 26.4. The lowest BCUT2D eigenvalue weighted by molar-refractivity contribution is -0.277. The molecule has 2 aliphatic rings. The highest BCUT2D eigenvalue weighted by molar-refractivity contribution is 5.56. The smallest absolute Gasteiger partial charge is 0.229 e. The van der Waals surface area contributed by atoms with Crippen molar-refractivity contribution in [3.8, 4) is 23.0 Å². The Hall–Kier alpha value is -2.64. The quantitative estimate of drug-likeness (QED) is 0.237. The number of methoxy groups -OCH3 is 1. The minimum Gasteiger partial charge on any atom is -0.504 e. The topological polar surface area (TPSA) is 179 Å². The maximum absolute atomic E-state index is 10.5. The van der Waals surface area contributed by atoms with Gasteiger partial charge in [0.15, 0.2) is 23.0 Å². The highest BCUT2D eigenvalue weighted by Crippen LogP contribution is 2.52. The lowest BCUT2D eigenvalue weighted by atomic mass is 9.90. The summed E-state index contributed by atoms with van der Waals surface area (Å²) < 4.78 is 22.9. The van der Waals surface area contributed by atoms with Gasteiger partial charge in [-0.05, 0) is 42.2 Å². The molecule has 2 aromatic carbocycles. The van der Waals surface area contributed by atoms with E-state index in [0.29, 0.717) is 24.0 Å². The third-order valence-corrected chi connectivity index (χ3v) is 6.60. The molecular weight excluding hydrogens is 476 g/mol. The Morgan fingerprint density at radius 1 is 0.917 bits per heavy atom. The van der Waals surface area contributed by atoms with Crippen molar-refractivity contribution >= 4 is 0 Å². The van der Waals surface area contributed by atoms with E-state index in [1.165, 1.54) is 13.2 Å². The molecule has 7 unspecified atom stereocenters. The van der Waals surface area contributed by atoms with Crippen molar-refractivity contribution in [2.45, 2.75) is 55.6 Å². The second kappa shape index (κ2) is 11.2. The number of ether oxygens (including phenoxy) is 4. The highest BCUT2D eigenvalue weighted by atomic mass is 16.7. The van der Waals surface area contributed by atoms with Gasteiger partial charge in [-0.1, -0.05) is 12.1 Å². The van der Waals surface area contributed by atoms with E-state index in [1.54, 1.807) is 18.2 Å². The third-order valence-electron chi connectivity index (χ3n) is 6.60. The molecule has 0 bridgehead atoms. The van der Waals surface area contributed by atoms with Crippen molar-refractivity contribution in [1.82, 2.24) is 0 Å². The average Bonchev–Trinajstić information content (AvgIpc) is 3.26. The Kier molecular flexibility index (Phi) is 8.20. The van der Waals surface area contributed by atoms with Crippen LogP contribution in [0, 0.1) is 0 Å². The fraction of sp³-hybridized carbons (Fsp3) is 0.520. The van der Waals surface area contributed by atoms with Gasteiger partial charge in [-0.3, -0.25) is 0 Å². The van der Waals surface area contributed by atoms with Crippen LogP contribution < -0.4 is 14.2 Å². The third kappa shape index (κ3) is 4.96. The second-order valence-electron chi connectivity index (χ2n) is 8.91. The number of phenols is 1. The maximum atomic E-state index is 10.5. The van der Waals surface area contributed by atoms with Crippen LogP contribution in [0.1, 0.15) is 35.1 Å². The second-order valence-corrected chi connectivity index (χ2v) is 8.91. The van der Waals surface area contributed by atoms with Gasteiger partial charge < -0.3 is 54.7 Å². The molecule has 0 spiro atoms. The standard InChI is InChI=1S/C25H32O11/c1-33-17-9-13(4-5-16(17)29)23-15(10-27)14-7-12(3-2-6-26)8-18(24(14)36-23)34-25-22(32)21(31)20(30)19(11-28)35-25/h4-5,7-9,15,19-23,25-32H,2-3,6,10-11H2,1H3. The summed E-state index contributed by atoms with van der Waals surface area (Å²) >= 11 is 0. The fourth-order valence-corrected chi connectivity index (χ4v) is 4.63. The molecule has 1 saturated heterocycles. The summed E-state index contributed by atoms with van der Waals surface area (Å²) in [5, 5.41) is 69.7. The molecule has 2 aliphatic heterocycles. The van der Waals surface area contributed by atoms with Crippen molar-refractivity contribution < 1.29 is 54.7 Å². The Balaban J connectivity index is 1.71. The van der Waals surface area contributed by atoms with Crippen LogP contribution in [-0.2, 0) is 11.2 Å². The first-order valence-electron chi connectivity index (χ1n) is 11.7. The van der Waals surface area contributed by atoms with Crippen molar-refractivity contribution in [2.75, 3.05) is 26.9 Å². The van der Waals surface area contributed by atoms with E-state index < -0.39 is 49.3 Å². The van der Waals surface area contributed by atoms with Gasteiger partial charge in [0.05, 0.1) is 26.2 Å². The van der Waals surface area contributed by atoms with Crippen molar-refractivity contribution in [3.63, 3.8) is 0 Å². The minimum atomic E-state index is -1.62. The zero-order valence-electron chi connectivity index (χ0n) is 19.7. The predicted molar refractivity (Wildman–Crippen MR) is 124 cm³/mol. The number of aromatic hydroxyl groups is 1. The number of rotatable bonds is 9. The van der Waals surface area contributed by atoms with Gasteiger partial charge in [0.1, 0.15) is 30.5 Å². The zero-order valence-corrected chi connectivity index (χ0v) is 19.7. The summed E-state index contributed by atoms with van der Waals surface area (Å²) in [6.45, 7) is -0.910. The lowest BCUT2D eigenvalue weighted by Crippen LogP contribution is -2.60. The van der Waals surface area contributed by atoms with Gasteiger partial charge >= 0.3 is 0 Å². The number of hydrogen-bond acceptors (Lipinski definition) is 11. The summed E-state index contributed by atoms with van der Waals surface area (Å²) in [6.07, 6.45) is -7.04. The summed E-state index contributed by atoms with van der Waals surface area (Å²) in [5.41, 5.74) is 2.04. The molecule has 0 aromatic heterocycles. The summed E-state index contributed by atoms with van der Waals surface area (Å²) in [6, 6.07) is 8.24. The molecule has 11 heteroatoms. The molecular formula is C25H32O11. The Morgan fingerprint density at radius 2 is 1.69 bits per heavy atom. The van der Waals surface area contributed by atoms with E-state index in [9.17, 15) is 35.7 Å². The number of hydrogen-bond donors (Lipinski definition) is 7. The van der Waals surface area contributed by atoms with Gasteiger partial charge in [-0.25, -0.2) is 0 Å². The van der Waals surface area contributed by atoms with E-state index in [0.717, 1.165) is 5.56 Å². The van der Waals surface area contributed by atoms with Crippen LogP contribution in [0.3, 0.4) is 0 Å². The van der Waals surface area contributed by atoms with Gasteiger partial charge in [0.2, 0.25) is 6.29 Å². The normalized spacial score (nSPS) is 29.5. The Bertz CT molecular complexity index is 1040. The highest BCUT2D eigenvalue weighted by Gasteiger charge is 2.46. The van der Waals surface area contributed by atoms with Crippen LogP contribution in [0.2, 0.25) is 0 Å². The molecule has 2 aromatic rings. The molecule has 4 rings (SSSR count).